The zero-order chi connectivity index (χ0) is 15.9. The van der Waals surface area contributed by atoms with E-state index in [9.17, 15) is 9.59 Å². The highest BCUT2D eigenvalue weighted by atomic mass is 35.5. The molecule has 0 saturated heterocycles. The van der Waals surface area contributed by atoms with Crippen molar-refractivity contribution in [1.29, 1.82) is 0 Å². The van der Waals surface area contributed by atoms with E-state index < -0.39 is 5.97 Å². The first-order valence-corrected chi connectivity index (χ1v) is 7.25. The van der Waals surface area contributed by atoms with E-state index in [0.29, 0.717) is 22.8 Å². The maximum absolute atomic E-state index is 11.7. The van der Waals surface area contributed by atoms with E-state index in [-0.39, 0.29) is 5.78 Å². The molecule has 2 rings (SSSR count). The van der Waals surface area contributed by atoms with Crippen LogP contribution in [0.5, 0.6) is 5.75 Å². The molecule has 0 bridgehead atoms. The highest BCUT2D eigenvalue weighted by molar-refractivity contribution is 6.30. The van der Waals surface area contributed by atoms with Crippen molar-refractivity contribution < 1.29 is 14.3 Å². The van der Waals surface area contributed by atoms with Crippen LogP contribution in [0.2, 0.25) is 5.02 Å². The number of ether oxygens (including phenoxy) is 1. The molecule has 3 nitrogen and oxygen atoms in total. The standard InChI is InChI=1S/C18H15ClO3/c1-2-17(20)14-7-9-16(10-8-14)22-18(21)11-6-13-4-3-5-15(19)12-13/h3-12H,2H2,1H3. The highest BCUT2D eigenvalue weighted by Crippen LogP contribution is 2.15. The van der Waals surface area contributed by atoms with Gasteiger partial charge in [-0.2, -0.15) is 0 Å². The minimum absolute atomic E-state index is 0.0544. The van der Waals surface area contributed by atoms with Gasteiger partial charge in [-0.1, -0.05) is 30.7 Å². The van der Waals surface area contributed by atoms with Crippen LogP contribution in [0.4, 0.5) is 0 Å². The van der Waals surface area contributed by atoms with Crippen LogP contribution in [0.3, 0.4) is 0 Å². The summed E-state index contributed by atoms with van der Waals surface area (Å²) in [5.74, 6) is -0.0401. The van der Waals surface area contributed by atoms with Crippen molar-refractivity contribution in [3.63, 3.8) is 0 Å². The van der Waals surface area contributed by atoms with Gasteiger partial charge < -0.3 is 4.74 Å². The number of ketones is 1. The van der Waals surface area contributed by atoms with E-state index in [0.717, 1.165) is 5.56 Å². The molecule has 0 aliphatic rings. The second kappa shape index (κ2) is 7.57. The van der Waals surface area contributed by atoms with Gasteiger partial charge in [0, 0.05) is 23.1 Å². The summed E-state index contributed by atoms with van der Waals surface area (Å²) in [6, 6.07) is 13.6. The molecule has 0 radical (unpaired) electrons. The van der Waals surface area contributed by atoms with Crippen molar-refractivity contribution in [2.45, 2.75) is 13.3 Å². The van der Waals surface area contributed by atoms with E-state index in [2.05, 4.69) is 0 Å². The maximum atomic E-state index is 11.7. The van der Waals surface area contributed by atoms with Crippen molar-refractivity contribution >= 4 is 29.4 Å². The lowest BCUT2D eigenvalue weighted by Crippen LogP contribution is -2.04. The molecule has 112 valence electrons. The fourth-order valence-electron chi connectivity index (χ4n) is 1.84. The normalized spacial score (nSPS) is 10.6. The van der Waals surface area contributed by atoms with Crippen LogP contribution in [0.1, 0.15) is 29.3 Å². The lowest BCUT2D eigenvalue weighted by Gasteiger charge is -2.02. The molecule has 4 heteroatoms. The Morgan fingerprint density at radius 2 is 1.86 bits per heavy atom. The SMILES string of the molecule is CCC(=O)c1ccc(OC(=O)C=Cc2cccc(Cl)c2)cc1. The summed E-state index contributed by atoms with van der Waals surface area (Å²) >= 11 is 5.86. The van der Waals surface area contributed by atoms with Crippen molar-refractivity contribution in [3.05, 3.63) is 70.8 Å². The molecule has 0 fully saturated rings. The number of Topliss-reactive ketones (excluding diaryl/α,β-unsaturated/α-hetero) is 1. The molecule has 0 heterocycles. The lowest BCUT2D eigenvalue weighted by molar-refractivity contribution is -0.128. The van der Waals surface area contributed by atoms with Gasteiger partial charge in [0.05, 0.1) is 0 Å². The quantitative estimate of drug-likeness (QED) is 0.352. The predicted molar refractivity (Wildman–Crippen MR) is 87.2 cm³/mol. The van der Waals surface area contributed by atoms with Gasteiger partial charge in [-0.25, -0.2) is 4.79 Å². The van der Waals surface area contributed by atoms with Crippen LogP contribution < -0.4 is 4.74 Å². The molecule has 0 aliphatic carbocycles. The zero-order valence-corrected chi connectivity index (χ0v) is 12.8. The highest BCUT2D eigenvalue weighted by Gasteiger charge is 2.04. The Labute approximate surface area is 134 Å². The second-order valence-corrected chi connectivity index (χ2v) is 5.05. The van der Waals surface area contributed by atoms with Gasteiger partial charge >= 0.3 is 5.97 Å². The topological polar surface area (TPSA) is 43.4 Å². The molecular formula is C18H15ClO3. The van der Waals surface area contributed by atoms with Crippen LogP contribution in [-0.2, 0) is 4.79 Å². The largest absolute Gasteiger partial charge is 0.423 e. The van der Waals surface area contributed by atoms with Crippen molar-refractivity contribution in [1.82, 2.24) is 0 Å². The van der Waals surface area contributed by atoms with E-state index in [1.54, 1.807) is 55.5 Å². The molecular weight excluding hydrogens is 300 g/mol. The fourth-order valence-corrected chi connectivity index (χ4v) is 2.04. The molecule has 2 aromatic rings. The molecule has 0 aromatic heterocycles. The monoisotopic (exact) mass is 314 g/mol. The van der Waals surface area contributed by atoms with E-state index in [4.69, 9.17) is 16.3 Å². The first kappa shape index (κ1) is 16.0. The molecule has 0 aliphatic heterocycles. The molecule has 2 aromatic carbocycles. The molecule has 0 atom stereocenters. The molecule has 0 amide bonds. The van der Waals surface area contributed by atoms with Crippen molar-refractivity contribution in [2.24, 2.45) is 0 Å². The fraction of sp³-hybridized carbons (Fsp3) is 0.111. The van der Waals surface area contributed by atoms with Crippen molar-refractivity contribution in [2.75, 3.05) is 0 Å². The summed E-state index contributed by atoms with van der Waals surface area (Å²) in [5.41, 5.74) is 1.42. The number of hydrogen-bond acceptors (Lipinski definition) is 3. The smallest absolute Gasteiger partial charge is 0.336 e. The Morgan fingerprint density at radius 3 is 2.50 bits per heavy atom. The van der Waals surface area contributed by atoms with Crippen LogP contribution >= 0.6 is 11.6 Å². The Bertz CT molecular complexity index is 703. The second-order valence-electron chi connectivity index (χ2n) is 4.61. The minimum atomic E-state index is -0.491. The van der Waals surface area contributed by atoms with Gasteiger partial charge in [0.2, 0.25) is 0 Å². The molecule has 0 unspecified atom stereocenters. The number of esters is 1. The first-order chi connectivity index (χ1) is 10.6. The molecule has 22 heavy (non-hydrogen) atoms. The van der Waals surface area contributed by atoms with Gasteiger partial charge in [0.15, 0.2) is 5.78 Å². The Kier molecular flexibility index (Phi) is 5.50. The Morgan fingerprint density at radius 1 is 1.14 bits per heavy atom. The molecule has 0 N–H and O–H groups in total. The number of carbonyl (C=O) groups is 2. The summed E-state index contributed by atoms with van der Waals surface area (Å²) in [6.45, 7) is 1.80. The maximum Gasteiger partial charge on any atom is 0.336 e. The molecule has 0 spiro atoms. The summed E-state index contributed by atoms with van der Waals surface area (Å²) in [6.07, 6.45) is 3.40. The third-order valence-electron chi connectivity index (χ3n) is 2.98. The van der Waals surface area contributed by atoms with Crippen LogP contribution in [0.25, 0.3) is 6.08 Å². The van der Waals surface area contributed by atoms with E-state index in [1.807, 2.05) is 6.07 Å². The summed E-state index contributed by atoms with van der Waals surface area (Å²) in [5, 5.41) is 0.603. The van der Waals surface area contributed by atoms with E-state index in [1.165, 1.54) is 6.08 Å². The Hall–Kier alpha value is -2.39. The van der Waals surface area contributed by atoms with Crippen LogP contribution in [-0.4, -0.2) is 11.8 Å². The number of hydrogen-bond donors (Lipinski definition) is 0. The van der Waals surface area contributed by atoms with Gasteiger partial charge in [0.1, 0.15) is 5.75 Å². The lowest BCUT2D eigenvalue weighted by atomic mass is 10.1. The van der Waals surface area contributed by atoms with Gasteiger partial charge in [-0.3, -0.25) is 4.79 Å². The summed E-state index contributed by atoms with van der Waals surface area (Å²) in [7, 11) is 0. The minimum Gasteiger partial charge on any atom is -0.423 e. The predicted octanol–water partition coefficient (Wildman–Crippen LogP) is 4.55. The number of rotatable bonds is 5. The zero-order valence-electron chi connectivity index (χ0n) is 12.1. The molecule has 0 saturated carbocycles. The van der Waals surface area contributed by atoms with Crippen LogP contribution in [0, 0.1) is 0 Å². The Balaban J connectivity index is 1.98. The third kappa shape index (κ3) is 4.57. The first-order valence-electron chi connectivity index (χ1n) is 6.87. The van der Waals surface area contributed by atoms with E-state index >= 15 is 0 Å². The van der Waals surface area contributed by atoms with Crippen LogP contribution in [0.15, 0.2) is 54.6 Å². The number of halogens is 1. The van der Waals surface area contributed by atoms with Gasteiger partial charge in [0.25, 0.3) is 0 Å². The van der Waals surface area contributed by atoms with Gasteiger partial charge in [-0.15, -0.1) is 0 Å². The average molecular weight is 315 g/mol. The third-order valence-corrected chi connectivity index (χ3v) is 3.21. The number of carbonyl (C=O) groups excluding carboxylic acids is 2. The average Bonchev–Trinajstić information content (AvgIpc) is 2.53. The van der Waals surface area contributed by atoms with Gasteiger partial charge in [-0.05, 0) is 48.0 Å². The number of benzene rings is 2. The summed E-state index contributed by atoms with van der Waals surface area (Å²) in [4.78, 5) is 23.2. The summed E-state index contributed by atoms with van der Waals surface area (Å²) < 4.78 is 5.16. The van der Waals surface area contributed by atoms with Crippen molar-refractivity contribution in [3.8, 4) is 5.75 Å².